The summed E-state index contributed by atoms with van der Waals surface area (Å²) in [5.41, 5.74) is 3.31. The molecule has 2 aromatic carbocycles. The lowest BCUT2D eigenvalue weighted by atomic mass is 10.1. The van der Waals surface area contributed by atoms with Crippen molar-refractivity contribution in [1.82, 2.24) is 0 Å². The summed E-state index contributed by atoms with van der Waals surface area (Å²) in [4.78, 5) is 35.5. The van der Waals surface area contributed by atoms with E-state index in [-0.39, 0.29) is 16.3 Å². The van der Waals surface area contributed by atoms with Gasteiger partial charge in [0.05, 0.1) is 16.3 Å². The molecule has 3 aromatic rings. The van der Waals surface area contributed by atoms with Crippen LogP contribution in [0, 0.1) is 13.8 Å². The monoisotopic (exact) mass is 489 g/mol. The highest BCUT2D eigenvalue weighted by atomic mass is 79.9. The molecule has 1 aromatic heterocycles. The molecular formula is C22H17BrClNO5. The molecule has 0 aliphatic rings. The van der Waals surface area contributed by atoms with Gasteiger partial charge in [-0.1, -0.05) is 11.6 Å². The van der Waals surface area contributed by atoms with Gasteiger partial charge >= 0.3 is 5.97 Å². The highest BCUT2D eigenvalue weighted by molar-refractivity contribution is 9.10. The lowest BCUT2D eigenvalue weighted by Crippen LogP contribution is -2.21. The number of benzene rings is 2. The number of ether oxygens (including phenoxy) is 1. The summed E-state index contributed by atoms with van der Waals surface area (Å²) in [6.07, 6.45) is 0.584. The molecule has 1 amide bonds. The second-order valence-electron chi connectivity index (χ2n) is 6.56. The predicted octanol–water partition coefficient (Wildman–Crippen LogP) is 5.59. The number of hydrogen-bond donors (Lipinski definition) is 1. The van der Waals surface area contributed by atoms with Crippen LogP contribution in [0.3, 0.4) is 0 Å². The van der Waals surface area contributed by atoms with Crippen molar-refractivity contribution in [2.75, 3.05) is 11.9 Å². The fourth-order valence-corrected chi connectivity index (χ4v) is 3.43. The van der Waals surface area contributed by atoms with E-state index in [0.29, 0.717) is 23.3 Å². The smallest absolute Gasteiger partial charge is 0.340 e. The maximum Gasteiger partial charge on any atom is 0.340 e. The highest BCUT2D eigenvalue weighted by Crippen LogP contribution is 2.28. The fourth-order valence-electron chi connectivity index (χ4n) is 2.68. The first-order valence-electron chi connectivity index (χ1n) is 8.87. The Morgan fingerprint density at radius 2 is 1.87 bits per heavy atom. The van der Waals surface area contributed by atoms with Crippen LogP contribution in [0.4, 0.5) is 5.69 Å². The van der Waals surface area contributed by atoms with Crippen LogP contribution in [0.2, 0.25) is 5.02 Å². The Morgan fingerprint density at radius 3 is 2.57 bits per heavy atom. The zero-order valence-corrected chi connectivity index (χ0v) is 18.5. The number of carbonyl (C=O) groups excluding carboxylic acids is 3. The second-order valence-corrected chi connectivity index (χ2v) is 7.82. The number of amides is 1. The van der Waals surface area contributed by atoms with Gasteiger partial charge in [0.1, 0.15) is 5.76 Å². The highest BCUT2D eigenvalue weighted by Gasteiger charge is 2.17. The molecule has 3 rings (SSSR count). The van der Waals surface area contributed by atoms with Crippen LogP contribution in [0.5, 0.6) is 0 Å². The van der Waals surface area contributed by atoms with E-state index in [0.717, 1.165) is 15.6 Å². The first kappa shape index (κ1) is 21.8. The Balaban J connectivity index is 1.68. The van der Waals surface area contributed by atoms with Crippen LogP contribution < -0.4 is 5.32 Å². The maximum absolute atomic E-state index is 12.5. The van der Waals surface area contributed by atoms with E-state index in [2.05, 4.69) is 21.2 Å². The van der Waals surface area contributed by atoms with Gasteiger partial charge < -0.3 is 14.5 Å². The molecule has 0 fully saturated rings. The Morgan fingerprint density at radius 1 is 1.13 bits per heavy atom. The van der Waals surface area contributed by atoms with Gasteiger partial charge in [-0.2, -0.15) is 0 Å². The normalized spacial score (nSPS) is 10.5. The molecule has 0 aliphatic carbocycles. The maximum atomic E-state index is 12.5. The van der Waals surface area contributed by atoms with Crippen molar-refractivity contribution in [3.8, 4) is 11.3 Å². The molecule has 0 saturated heterocycles. The van der Waals surface area contributed by atoms with E-state index in [1.807, 2.05) is 26.0 Å². The van der Waals surface area contributed by atoms with Crippen molar-refractivity contribution in [3.63, 3.8) is 0 Å². The number of rotatable bonds is 6. The van der Waals surface area contributed by atoms with Gasteiger partial charge in [0, 0.05) is 10.0 Å². The van der Waals surface area contributed by atoms with Crippen LogP contribution in [-0.2, 0) is 9.53 Å². The first-order chi connectivity index (χ1) is 14.3. The number of aryl methyl sites for hydroxylation is 2. The van der Waals surface area contributed by atoms with Crippen molar-refractivity contribution < 1.29 is 23.5 Å². The van der Waals surface area contributed by atoms with Gasteiger partial charge in [0.2, 0.25) is 0 Å². The van der Waals surface area contributed by atoms with Crippen molar-refractivity contribution in [1.29, 1.82) is 0 Å². The molecule has 0 spiro atoms. The number of aldehydes is 1. The van der Waals surface area contributed by atoms with Gasteiger partial charge in [-0.05, 0) is 83.4 Å². The summed E-state index contributed by atoms with van der Waals surface area (Å²) in [7, 11) is 0. The van der Waals surface area contributed by atoms with E-state index in [4.69, 9.17) is 20.8 Å². The molecule has 0 aliphatic heterocycles. The van der Waals surface area contributed by atoms with E-state index < -0.39 is 18.5 Å². The number of hydrogen-bond acceptors (Lipinski definition) is 5. The number of anilines is 1. The average Bonchev–Trinajstić information content (AvgIpc) is 3.20. The molecule has 1 heterocycles. The molecule has 30 heavy (non-hydrogen) atoms. The third kappa shape index (κ3) is 4.98. The molecule has 0 saturated carbocycles. The van der Waals surface area contributed by atoms with Gasteiger partial charge in [-0.15, -0.1) is 0 Å². The average molecular weight is 491 g/mol. The van der Waals surface area contributed by atoms with Crippen LogP contribution in [0.25, 0.3) is 11.3 Å². The lowest BCUT2D eigenvalue weighted by molar-refractivity contribution is -0.119. The molecule has 154 valence electrons. The van der Waals surface area contributed by atoms with Gasteiger partial charge in [-0.25, -0.2) is 4.79 Å². The third-order valence-electron chi connectivity index (χ3n) is 4.41. The van der Waals surface area contributed by atoms with E-state index in [9.17, 15) is 14.4 Å². The Hall–Kier alpha value is -2.90. The summed E-state index contributed by atoms with van der Waals surface area (Å²) in [6.45, 7) is 3.42. The number of esters is 1. The van der Waals surface area contributed by atoms with Gasteiger partial charge in [-0.3, -0.25) is 9.59 Å². The largest absolute Gasteiger partial charge is 0.453 e. The third-order valence-corrected chi connectivity index (χ3v) is 5.39. The van der Waals surface area contributed by atoms with E-state index in [1.165, 1.54) is 18.2 Å². The van der Waals surface area contributed by atoms with Crippen LogP contribution >= 0.6 is 27.5 Å². The zero-order valence-electron chi connectivity index (χ0n) is 16.1. The van der Waals surface area contributed by atoms with Crippen molar-refractivity contribution >= 4 is 51.4 Å². The number of furan rings is 1. The summed E-state index contributed by atoms with van der Waals surface area (Å²) in [5, 5.41) is 2.87. The van der Waals surface area contributed by atoms with E-state index in [1.54, 1.807) is 12.1 Å². The molecule has 0 radical (unpaired) electrons. The first-order valence-corrected chi connectivity index (χ1v) is 10.0. The van der Waals surface area contributed by atoms with Crippen LogP contribution in [-0.4, -0.2) is 24.8 Å². The van der Waals surface area contributed by atoms with Crippen molar-refractivity contribution in [3.05, 3.63) is 74.4 Å². The van der Waals surface area contributed by atoms with E-state index >= 15 is 0 Å². The summed E-state index contributed by atoms with van der Waals surface area (Å²) in [6, 6.07) is 11.5. The SMILES string of the molecule is Cc1cc(Br)c(NC(=O)COC(=O)c2cc(-c3ccc(C=O)o3)ccc2Cl)cc1C. The Labute approximate surface area is 186 Å². The predicted molar refractivity (Wildman–Crippen MR) is 117 cm³/mol. The summed E-state index contributed by atoms with van der Waals surface area (Å²) < 4.78 is 11.2. The number of carbonyl (C=O) groups is 3. The van der Waals surface area contributed by atoms with Crippen LogP contribution in [0.15, 0.2) is 51.4 Å². The van der Waals surface area contributed by atoms with Gasteiger partial charge in [0.25, 0.3) is 5.91 Å². The molecule has 1 N–H and O–H groups in total. The number of halogens is 2. The van der Waals surface area contributed by atoms with Crippen molar-refractivity contribution in [2.45, 2.75) is 13.8 Å². The topological polar surface area (TPSA) is 85.6 Å². The molecular weight excluding hydrogens is 474 g/mol. The summed E-state index contributed by atoms with van der Waals surface area (Å²) in [5.74, 6) is -0.669. The molecule has 0 bridgehead atoms. The zero-order chi connectivity index (χ0) is 21.8. The van der Waals surface area contributed by atoms with Crippen molar-refractivity contribution in [2.24, 2.45) is 0 Å². The minimum Gasteiger partial charge on any atom is -0.453 e. The number of nitrogens with one attached hydrogen (secondary N) is 1. The molecule has 8 heteroatoms. The quantitative estimate of drug-likeness (QED) is 0.360. The molecule has 6 nitrogen and oxygen atoms in total. The van der Waals surface area contributed by atoms with Crippen LogP contribution in [0.1, 0.15) is 32.0 Å². The molecule has 0 atom stereocenters. The minimum atomic E-state index is -0.752. The Kier molecular flexibility index (Phi) is 6.74. The van der Waals surface area contributed by atoms with Gasteiger partial charge in [0.15, 0.2) is 18.7 Å². The Bertz CT molecular complexity index is 1140. The second kappa shape index (κ2) is 9.28. The minimum absolute atomic E-state index is 0.0818. The molecule has 0 unspecified atom stereocenters. The fraction of sp³-hybridized carbons (Fsp3) is 0.136. The standard InChI is InChI=1S/C22H17BrClNO5/c1-12-7-17(23)19(8-13(12)2)25-21(27)11-29-22(28)16-9-14(3-5-18(16)24)20-6-4-15(10-26)30-20/h3-10H,11H2,1-2H3,(H,25,27). The summed E-state index contributed by atoms with van der Waals surface area (Å²) >= 11 is 9.52. The lowest BCUT2D eigenvalue weighted by Gasteiger charge is -2.11.